The molecule has 9 aromatic carbocycles. The number of hydrogen-bond donors (Lipinski definition) is 0. The second kappa shape index (κ2) is 12.5. The van der Waals surface area contributed by atoms with Crippen molar-refractivity contribution < 1.29 is 4.42 Å². The van der Waals surface area contributed by atoms with Gasteiger partial charge >= 0.3 is 0 Å². The normalized spacial score (nSPS) is 12.9. The maximum atomic E-state index is 6.19. The Kier molecular flexibility index (Phi) is 7.11. The third-order valence-electron chi connectivity index (χ3n) is 11.5. The summed E-state index contributed by atoms with van der Waals surface area (Å²) in [4.78, 5) is 2.32. The Morgan fingerprint density at radius 3 is 1.69 bits per heavy atom. The molecule has 1 aromatic heterocycles. The summed E-state index contributed by atoms with van der Waals surface area (Å²) in [6, 6.07) is 77.1. The summed E-state index contributed by atoms with van der Waals surface area (Å²) in [6.45, 7) is 0. The first-order chi connectivity index (χ1) is 27.3. The van der Waals surface area contributed by atoms with Crippen molar-refractivity contribution in [2.45, 2.75) is 5.41 Å². The first-order valence-corrected chi connectivity index (χ1v) is 18.9. The van der Waals surface area contributed by atoms with Crippen molar-refractivity contribution >= 4 is 49.8 Å². The molecule has 0 radical (unpaired) electrons. The fourth-order valence-electron chi connectivity index (χ4n) is 9.12. The molecule has 0 amide bonds. The molecule has 0 aliphatic heterocycles. The molecule has 1 aliphatic rings. The van der Waals surface area contributed by atoms with Crippen molar-refractivity contribution in [1.82, 2.24) is 0 Å². The number of benzene rings is 9. The maximum Gasteiger partial charge on any atom is 0.135 e. The number of hydrogen-bond acceptors (Lipinski definition) is 2. The predicted octanol–water partition coefficient (Wildman–Crippen LogP) is 14.2. The molecule has 0 unspecified atom stereocenters. The van der Waals surface area contributed by atoms with E-state index in [0.29, 0.717) is 0 Å². The van der Waals surface area contributed by atoms with E-state index in [1.165, 1.54) is 55.3 Å². The van der Waals surface area contributed by atoms with Gasteiger partial charge in [-0.3, -0.25) is 0 Å². The number of furan rings is 1. The van der Waals surface area contributed by atoms with Gasteiger partial charge in [-0.15, -0.1) is 0 Å². The van der Waals surface area contributed by atoms with Gasteiger partial charge in [0.1, 0.15) is 11.2 Å². The van der Waals surface area contributed by atoms with E-state index in [-0.39, 0.29) is 0 Å². The van der Waals surface area contributed by atoms with Crippen molar-refractivity contribution in [2.75, 3.05) is 4.90 Å². The molecule has 10 aromatic rings. The van der Waals surface area contributed by atoms with E-state index in [2.05, 4.69) is 205 Å². The van der Waals surface area contributed by atoms with Gasteiger partial charge in [-0.1, -0.05) is 158 Å². The third kappa shape index (κ3) is 4.82. The van der Waals surface area contributed by atoms with Gasteiger partial charge in [-0.05, 0) is 110 Å². The molecule has 0 atom stereocenters. The Hall–Kier alpha value is -7.16. The minimum absolute atomic E-state index is 0.479. The standard InChI is InChI=1S/C53H35NO/c1-4-15-39(16-5-1)53(40-17-6-2-7-18-40)48-32-27-37-14-10-11-21-44(37)52(48)46-31-26-38(34-49(46)53)36-24-28-42(29-25-36)54(41-19-8-3-9-20-41)43-30-33-51-47(35-43)45-22-12-13-23-50(45)55-51/h1-35H. The molecule has 0 spiro atoms. The summed E-state index contributed by atoms with van der Waals surface area (Å²) in [7, 11) is 0. The average Bonchev–Trinajstić information content (AvgIpc) is 3.78. The van der Waals surface area contributed by atoms with Gasteiger partial charge in [0.05, 0.1) is 5.41 Å². The second-order valence-corrected chi connectivity index (χ2v) is 14.4. The Balaban J connectivity index is 1.08. The second-order valence-electron chi connectivity index (χ2n) is 14.4. The summed E-state index contributed by atoms with van der Waals surface area (Å²) >= 11 is 0. The zero-order chi connectivity index (χ0) is 36.3. The van der Waals surface area contributed by atoms with Crippen molar-refractivity contribution in [3.8, 4) is 22.3 Å². The summed E-state index contributed by atoms with van der Waals surface area (Å²) in [5, 5.41) is 4.77. The van der Waals surface area contributed by atoms with Crippen molar-refractivity contribution in [1.29, 1.82) is 0 Å². The van der Waals surface area contributed by atoms with Crippen LogP contribution in [0.5, 0.6) is 0 Å². The molecule has 258 valence electrons. The van der Waals surface area contributed by atoms with Crippen molar-refractivity contribution in [3.63, 3.8) is 0 Å². The Labute approximate surface area is 320 Å². The van der Waals surface area contributed by atoms with Gasteiger partial charge in [0.15, 0.2) is 0 Å². The monoisotopic (exact) mass is 701 g/mol. The average molecular weight is 702 g/mol. The molecule has 1 aliphatic carbocycles. The molecule has 0 fully saturated rings. The van der Waals surface area contributed by atoms with Crippen LogP contribution in [0.4, 0.5) is 17.1 Å². The van der Waals surface area contributed by atoms with E-state index in [4.69, 9.17) is 4.42 Å². The lowest BCUT2D eigenvalue weighted by molar-refractivity contribution is 0.669. The Bertz CT molecular complexity index is 2980. The van der Waals surface area contributed by atoms with Crippen LogP contribution in [-0.2, 0) is 5.41 Å². The maximum absolute atomic E-state index is 6.19. The van der Waals surface area contributed by atoms with Crippen LogP contribution >= 0.6 is 0 Å². The number of para-hydroxylation sites is 2. The fourth-order valence-corrected chi connectivity index (χ4v) is 9.12. The topological polar surface area (TPSA) is 16.4 Å². The van der Waals surface area contributed by atoms with Crippen LogP contribution in [0.25, 0.3) is 55.0 Å². The minimum Gasteiger partial charge on any atom is -0.456 e. The molecular weight excluding hydrogens is 667 g/mol. The highest BCUT2D eigenvalue weighted by molar-refractivity contribution is 6.07. The zero-order valence-electron chi connectivity index (χ0n) is 30.1. The molecule has 1 heterocycles. The largest absolute Gasteiger partial charge is 0.456 e. The van der Waals surface area contributed by atoms with Crippen LogP contribution in [0.15, 0.2) is 217 Å². The lowest BCUT2D eigenvalue weighted by Crippen LogP contribution is -2.28. The molecule has 2 nitrogen and oxygen atoms in total. The van der Waals surface area contributed by atoms with Crippen LogP contribution in [-0.4, -0.2) is 0 Å². The van der Waals surface area contributed by atoms with Gasteiger partial charge in [0.2, 0.25) is 0 Å². The van der Waals surface area contributed by atoms with Crippen LogP contribution in [0, 0.1) is 0 Å². The first kappa shape index (κ1) is 31.4. The molecule has 2 heteroatoms. The zero-order valence-corrected chi connectivity index (χ0v) is 30.1. The quantitative estimate of drug-likeness (QED) is 0.172. The van der Waals surface area contributed by atoms with Crippen LogP contribution in [0.3, 0.4) is 0 Å². The number of anilines is 3. The van der Waals surface area contributed by atoms with Crippen LogP contribution in [0.2, 0.25) is 0 Å². The third-order valence-corrected chi connectivity index (χ3v) is 11.5. The van der Waals surface area contributed by atoms with Gasteiger partial charge in [0, 0.05) is 27.8 Å². The highest BCUT2D eigenvalue weighted by atomic mass is 16.3. The number of nitrogens with zero attached hydrogens (tertiary/aromatic N) is 1. The molecule has 0 saturated carbocycles. The summed E-state index contributed by atoms with van der Waals surface area (Å²) < 4.78 is 6.19. The first-order valence-electron chi connectivity index (χ1n) is 18.9. The van der Waals surface area contributed by atoms with Crippen LogP contribution < -0.4 is 4.90 Å². The Morgan fingerprint density at radius 1 is 0.364 bits per heavy atom. The van der Waals surface area contributed by atoms with Crippen LogP contribution in [0.1, 0.15) is 22.3 Å². The smallest absolute Gasteiger partial charge is 0.135 e. The minimum atomic E-state index is -0.479. The number of fused-ring (bicyclic) bond motifs is 8. The van der Waals surface area contributed by atoms with Crippen molar-refractivity contribution in [3.05, 3.63) is 235 Å². The summed E-state index contributed by atoms with van der Waals surface area (Å²) in [5.41, 5.74) is 14.7. The predicted molar refractivity (Wildman–Crippen MR) is 229 cm³/mol. The molecule has 55 heavy (non-hydrogen) atoms. The highest BCUT2D eigenvalue weighted by Crippen LogP contribution is 2.58. The van der Waals surface area contributed by atoms with Crippen molar-refractivity contribution in [2.24, 2.45) is 0 Å². The fraction of sp³-hybridized carbons (Fsp3) is 0.0189. The molecular formula is C53H35NO. The van der Waals surface area contributed by atoms with E-state index in [1.807, 2.05) is 12.1 Å². The van der Waals surface area contributed by atoms with E-state index < -0.39 is 5.41 Å². The molecule has 11 rings (SSSR count). The van der Waals surface area contributed by atoms with E-state index in [0.717, 1.165) is 39.0 Å². The molecule has 0 N–H and O–H groups in total. The molecule has 0 bridgehead atoms. The highest BCUT2D eigenvalue weighted by Gasteiger charge is 2.46. The van der Waals surface area contributed by atoms with Gasteiger partial charge in [0.25, 0.3) is 0 Å². The van der Waals surface area contributed by atoms with Gasteiger partial charge in [-0.25, -0.2) is 0 Å². The van der Waals surface area contributed by atoms with Gasteiger partial charge in [-0.2, -0.15) is 0 Å². The lowest BCUT2D eigenvalue weighted by atomic mass is 9.67. The Morgan fingerprint density at radius 2 is 0.945 bits per heavy atom. The summed E-state index contributed by atoms with van der Waals surface area (Å²) in [5.74, 6) is 0. The van der Waals surface area contributed by atoms with E-state index >= 15 is 0 Å². The van der Waals surface area contributed by atoms with E-state index in [9.17, 15) is 0 Å². The SMILES string of the molecule is c1ccc(N(c2ccc(-c3ccc4c(c3)C(c3ccccc3)(c3ccccc3)c3ccc5ccccc5c3-4)cc2)c2ccc3oc4ccccc4c3c2)cc1. The van der Waals surface area contributed by atoms with Gasteiger partial charge < -0.3 is 9.32 Å². The molecule has 0 saturated heterocycles. The number of rotatable bonds is 6. The van der Waals surface area contributed by atoms with E-state index in [1.54, 1.807) is 0 Å². The summed E-state index contributed by atoms with van der Waals surface area (Å²) in [6.07, 6.45) is 0. The lowest BCUT2D eigenvalue weighted by Gasteiger charge is -2.34.